The molecule has 0 radical (unpaired) electrons. The quantitative estimate of drug-likeness (QED) is 0.556. The highest BCUT2D eigenvalue weighted by molar-refractivity contribution is 5.48. The molecular formula is C9H12N2O2. The van der Waals surface area contributed by atoms with Gasteiger partial charge in [0.1, 0.15) is 0 Å². The number of hydrogen-bond acceptors (Lipinski definition) is 3. The van der Waals surface area contributed by atoms with Crippen LogP contribution in [0.2, 0.25) is 0 Å². The molecule has 0 bridgehead atoms. The number of nitro benzene ring substituents is 1. The molecule has 0 amide bonds. The smallest absolute Gasteiger partial charge is 0.275 e. The minimum Gasteiger partial charge on any atom is -0.326 e. The Bertz CT molecular complexity index is 324. The van der Waals surface area contributed by atoms with Gasteiger partial charge in [-0.25, -0.2) is 0 Å². The van der Waals surface area contributed by atoms with Gasteiger partial charge >= 0.3 is 0 Å². The first-order valence-corrected chi connectivity index (χ1v) is 4.01. The summed E-state index contributed by atoms with van der Waals surface area (Å²) in [6.07, 6.45) is 0. The van der Waals surface area contributed by atoms with E-state index in [0.717, 1.165) is 5.56 Å². The van der Waals surface area contributed by atoms with Gasteiger partial charge in [0, 0.05) is 17.7 Å². The summed E-state index contributed by atoms with van der Waals surface area (Å²) in [5.41, 5.74) is 7.91. The largest absolute Gasteiger partial charge is 0.326 e. The maximum absolute atomic E-state index is 10.6. The van der Waals surface area contributed by atoms with Crippen molar-refractivity contribution in [3.63, 3.8) is 0 Å². The number of nitro groups is 1. The molecule has 2 N–H and O–H groups in total. The number of rotatable bonds is 2. The van der Waals surface area contributed by atoms with Crippen molar-refractivity contribution in [2.24, 2.45) is 5.73 Å². The average molecular weight is 180 g/mol. The Balaban J connectivity index is 3.31. The molecule has 0 aliphatic rings. The van der Waals surface area contributed by atoms with Crippen molar-refractivity contribution >= 4 is 5.69 Å². The van der Waals surface area contributed by atoms with Crippen molar-refractivity contribution in [2.75, 3.05) is 0 Å². The van der Waals surface area contributed by atoms with Crippen LogP contribution in [-0.4, -0.2) is 4.92 Å². The summed E-state index contributed by atoms with van der Waals surface area (Å²) < 4.78 is 0. The van der Waals surface area contributed by atoms with Crippen LogP contribution in [0.5, 0.6) is 0 Å². The summed E-state index contributed by atoms with van der Waals surface area (Å²) in [5.74, 6) is 0. The van der Waals surface area contributed by atoms with E-state index >= 15 is 0 Å². The molecule has 0 saturated carbocycles. The van der Waals surface area contributed by atoms with Gasteiger partial charge in [-0.1, -0.05) is 0 Å². The summed E-state index contributed by atoms with van der Waals surface area (Å²) in [7, 11) is 0. The third-order valence-corrected chi connectivity index (χ3v) is 1.97. The van der Waals surface area contributed by atoms with Gasteiger partial charge in [0.05, 0.1) is 4.92 Å². The van der Waals surface area contributed by atoms with Crippen LogP contribution >= 0.6 is 0 Å². The third kappa shape index (κ3) is 1.84. The van der Waals surface area contributed by atoms with Crippen LogP contribution in [-0.2, 0) is 6.54 Å². The zero-order valence-corrected chi connectivity index (χ0v) is 7.70. The third-order valence-electron chi connectivity index (χ3n) is 1.97. The van der Waals surface area contributed by atoms with Crippen molar-refractivity contribution in [3.8, 4) is 0 Å². The Hall–Kier alpha value is -1.42. The number of hydrogen-bond donors (Lipinski definition) is 1. The van der Waals surface area contributed by atoms with E-state index in [0.29, 0.717) is 17.7 Å². The van der Waals surface area contributed by atoms with Crippen molar-refractivity contribution in [1.29, 1.82) is 0 Å². The first-order valence-electron chi connectivity index (χ1n) is 4.01. The molecule has 0 heterocycles. The molecule has 0 atom stereocenters. The molecule has 1 aromatic carbocycles. The molecular weight excluding hydrogens is 168 g/mol. The van der Waals surface area contributed by atoms with Crippen LogP contribution in [0.1, 0.15) is 16.7 Å². The predicted molar refractivity (Wildman–Crippen MR) is 50.5 cm³/mol. The fourth-order valence-electron chi connectivity index (χ4n) is 1.45. The summed E-state index contributed by atoms with van der Waals surface area (Å²) in [5, 5.41) is 10.6. The monoisotopic (exact) mass is 180 g/mol. The van der Waals surface area contributed by atoms with E-state index < -0.39 is 0 Å². The number of benzene rings is 1. The highest BCUT2D eigenvalue weighted by Gasteiger charge is 2.14. The zero-order valence-electron chi connectivity index (χ0n) is 7.70. The lowest BCUT2D eigenvalue weighted by Gasteiger charge is -2.03. The summed E-state index contributed by atoms with van der Waals surface area (Å²) in [6, 6.07) is 3.51. The summed E-state index contributed by atoms with van der Waals surface area (Å²) in [6.45, 7) is 3.87. The maximum atomic E-state index is 10.6. The lowest BCUT2D eigenvalue weighted by atomic mass is 10.0. The highest BCUT2D eigenvalue weighted by Crippen LogP contribution is 2.23. The molecule has 4 nitrogen and oxygen atoms in total. The minimum atomic E-state index is -0.356. The van der Waals surface area contributed by atoms with Gasteiger partial charge in [-0.15, -0.1) is 0 Å². The number of nitrogens with two attached hydrogens (primary N) is 1. The molecule has 0 unspecified atom stereocenters. The maximum Gasteiger partial charge on any atom is 0.275 e. The first-order chi connectivity index (χ1) is 6.06. The molecule has 0 aliphatic heterocycles. The van der Waals surface area contributed by atoms with Gasteiger partial charge < -0.3 is 5.73 Å². The highest BCUT2D eigenvalue weighted by atomic mass is 16.6. The molecule has 0 saturated heterocycles. The van der Waals surface area contributed by atoms with Gasteiger partial charge in [0.15, 0.2) is 0 Å². The molecule has 0 spiro atoms. The van der Waals surface area contributed by atoms with Crippen LogP contribution in [0.25, 0.3) is 0 Å². The Morgan fingerprint density at radius 1 is 1.38 bits per heavy atom. The van der Waals surface area contributed by atoms with E-state index in [-0.39, 0.29) is 10.6 Å². The SMILES string of the molecule is Cc1cc(CN)cc(C)c1[N+](=O)[O-]. The van der Waals surface area contributed by atoms with Gasteiger partial charge in [0.25, 0.3) is 5.69 Å². The molecule has 70 valence electrons. The van der Waals surface area contributed by atoms with E-state index in [1.165, 1.54) is 0 Å². The average Bonchev–Trinajstić information content (AvgIpc) is 2.02. The van der Waals surface area contributed by atoms with Crippen LogP contribution in [0, 0.1) is 24.0 Å². The van der Waals surface area contributed by atoms with E-state index in [4.69, 9.17) is 5.73 Å². The number of aryl methyl sites for hydroxylation is 2. The van der Waals surface area contributed by atoms with E-state index in [9.17, 15) is 10.1 Å². The van der Waals surface area contributed by atoms with Gasteiger partial charge in [-0.05, 0) is 31.5 Å². The molecule has 1 aromatic rings. The predicted octanol–water partition coefficient (Wildman–Crippen LogP) is 1.67. The van der Waals surface area contributed by atoms with Crippen LogP contribution < -0.4 is 5.73 Å². The van der Waals surface area contributed by atoms with Crippen molar-refractivity contribution in [2.45, 2.75) is 20.4 Å². The molecule has 0 aliphatic carbocycles. The molecule has 1 rings (SSSR count). The Morgan fingerprint density at radius 3 is 2.15 bits per heavy atom. The second-order valence-corrected chi connectivity index (χ2v) is 3.04. The van der Waals surface area contributed by atoms with Crippen molar-refractivity contribution < 1.29 is 4.92 Å². The number of nitrogens with zero attached hydrogens (tertiary/aromatic N) is 1. The van der Waals surface area contributed by atoms with Gasteiger partial charge in [0.2, 0.25) is 0 Å². The summed E-state index contributed by atoms with van der Waals surface area (Å²) in [4.78, 5) is 10.3. The second kappa shape index (κ2) is 3.53. The molecule has 0 fully saturated rings. The molecule has 13 heavy (non-hydrogen) atoms. The van der Waals surface area contributed by atoms with Gasteiger partial charge in [-0.2, -0.15) is 0 Å². The lowest BCUT2D eigenvalue weighted by molar-refractivity contribution is -0.386. The second-order valence-electron chi connectivity index (χ2n) is 3.04. The Labute approximate surface area is 76.5 Å². The van der Waals surface area contributed by atoms with E-state index in [2.05, 4.69) is 0 Å². The Kier molecular flexibility index (Phi) is 2.63. The first kappa shape index (κ1) is 9.67. The van der Waals surface area contributed by atoms with Crippen LogP contribution in [0.15, 0.2) is 12.1 Å². The van der Waals surface area contributed by atoms with Crippen molar-refractivity contribution in [1.82, 2.24) is 0 Å². The van der Waals surface area contributed by atoms with Gasteiger partial charge in [-0.3, -0.25) is 10.1 Å². The van der Waals surface area contributed by atoms with Crippen LogP contribution in [0.4, 0.5) is 5.69 Å². The summed E-state index contributed by atoms with van der Waals surface area (Å²) >= 11 is 0. The van der Waals surface area contributed by atoms with E-state index in [1.807, 2.05) is 0 Å². The fourth-order valence-corrected chi connectivity index (χ4v) is 1.45. The van der Waals surface area contributed by atoms with Crippen LogP contribution in [0.3, 0.4) is 0 Å². The molecule has 4 heteroatoms. The minimum absolute atomic E-state index is 0.192. The normalized spacial score (nSPS) is 10.1. The molecule has 0 aromatic heterocycles. The van der Waals surface area contributed by atoms with E-state index in [1.54, 1.807) is 26.0 Å². The standard InChI is InChI=1S/C9H12N2O2/c1-6-3-8(5-10)4-7(2)9(6)11(12)13/h3-4H,5,10H2,1-2H3. The lowest BCUT2D eigenvalue weighted by Crippen LogP contribution is -2.01. The Morgan fingerprint density at radius 2 is 1.85 bits per heavy atom. The van der Waals surface area contributed by atoms with Crippen molar-refractivity contribution in [3.05, 3.63) is 38.9 Å². The fraction of sp³-hybridized carbons (Fsp3) is 0.333. The topological polar surface area (TPSA) is 69.2 Å². The zero-order chi connectivity index (χ0) is 10.0.